The Balaban J connectivity index is 1.76. The molecule has 180 valence electrons. The van der Waals surface area contributed by atoms with E-state index in [0.29, 0.717) is 17.1 Å². The van der Waals surface area contributed by atoms with Crippen LogP contribution in [0.1, 0.15) is 36.8 Å². The van der Waals surface area contributed by atoms with Gasteiger partial charge in [0, 0.05) is 11.6 Å². The number of anilines is 1. The van der Waals surface area contributed by atoms with E-state index >= 15 is 0 Å². The Bertz CT molecular complexity index is 1540. The number of nitrogens with one attached hydrogen (secondary N) is 1. The number of fused-ring (bicyclic) bond motifs is 7. The Labute approximate surface area is 204 Å². The second-order valence-electron chi connectivity index (χ2n) is 9.50. The summed E-state index contributed by atoms with van der Waals surface area (Å²) in [5.41, 5.74) is 3.61. The Morgan fingerprint density at radius 2 is 2.06 bits per heavy atom. The molecule has 0 radical (unpaired) electrons. The third kappa shape index (κ3) is 3.10. The molecule has 0 saturated carbocycles. The van der Waals surface area contributed by atoms with Crippen LogP contribution in [0.3, 0.4) is 0 Å². The van der Waals surface area contributed by atoms with Gasteiger partial charge in [0.15, 0.2) is 17.3 Å². The van der Waals surface area contributed by atoms with Gasteiger partial charge in [-0.05, 0) is 32.4 Å². The first-order chi connectivity index (χ1) is 16.7. The number of hydrogen-bond donors (Lipinski definition) is 1. The topological polar surface area (TPSA) is 55.9 Å². The lowest BCUT2D eigenvalue weighted by atomic mass is 9.89. The van der Waals surface area contributed by atoms with Crippen LogP contribution in [0.5, 0.6) is 5.75 Å². The largest absolute Gasteiger partial charge is 0.485 e. The van der Waals surface area contributed by atoms with E-state index in [0.717, 1.165) is 32.7 Å². The van der Waals surface area contributed by atoms with Gasteiger partial charge < -0.3 is 14.8 Å². The zero-order valence-electron chi connectivity index (χ0n) is 19.7. The Morgan fingerprint density at radius 3 is 2.83 bits per heavy atom. The van der Waals surface area contributed by atoms with E-state index in [9.17, 15) is 13.6 Å². The fourth-order valence-electron chi connectivity index (χ4n) is 5.35. The number of methoxy groups -OCH3 is 1. The number of ether oxygens (including phenoxy) is 2. The van der Waals surface area contributed by atoms with Crippen LogP contribution in [0.2, 0.25) is 0 Å². The summed E-state index contributed by atoms with van der Waals surface area (Å²) >= 11 is 1.57. The summed E-state index contributed by atoms with van der Waals surface area (Å²) in [5.74, 6) is -1.21. The number of nitrogens with zero attached hydrogens (tertiary/aromatic N) is 2. The van der Waals surface area contributed by atoms with Gasteiger partial charge in [-0.25, -0.2) is 13.3 Å². The number of hydrogen-bond acceptors (Lipinski definition) is 5. The average molecular weight is 497 g/mol. The van der Waals surface area contributed by atoms with Gasteiger partial charge in [-0.1, -0.05) is 35.6 Å². The minimum atomic E-state index is -0.778. The molecular formula is C26H24F2N3O3S+. The minimum Gasteiger partial charge on any atom is -0.485 e. The maximum atomic E-state index is 15.0. The maximum Gasteiger partial charge on any atom is 0.349 e. The quantitative estimate of drug-likeness (QED) is 0.300. The summed E-state index contributed by atoms with van der Waals surface area (Å²) in [6.45, 7) is 6.26. The number of benzene rings is 2. The van der Waals surface area contributed by atoms with E-state index in [4.69, 9.17) is 9.47 Å². The maximum absolute atomic E-state index is 15.0. The number of rotatable bonds is 2. The van der Waals surface area contributed by atoms with E-state index < -0.39 is 29.2 Å². The molecule has 0 spiro atoms. The van der Waals surface area contributed by atoms with E-state index in [1.54, 1.807) is 11.3 Å². The summed E-state index contributed by atoms with van der Waals surface area (Å²) < 4.78 is 44.5. The van der Waals surface area contributed by atoms with Crippen LogP contribution in [0, 0.1) is 18.6 Å². The van der Waals surface area contributed by atoms with Crippen LogP contribution < -0.4 is 14.6 Å². The van der Waals surface area contributed by atoms with E-state index in [-0.39, 0.29) is 18.8 Å². The predicted octanol–water partition coefficient (Wildman–Crippen LogP) is 5.37. The summed E-state index contributed by atoms with van der Waals surface area (Å²) in [6.07, 6.45) is 0.0254. The summed E-state index contributed by atoms with van der Waals surface area (Å²) in [7, 11) is 1.34. The molecule has 4 aromatic rings. The molecule has 2 aliphatic rings. The average Bonchev–Trinajstić information content (AvgIpc) is 3.18. The summed E-state index contributed by atoms with van der Waals surface area (Å²) in [5, 5.41) is 3.67. The predicted molar refractivity (Wildman–Crippen MR) is 129 cm³/mol. The van der Waals surface area contributed by atoms with Crippen molar-refractivity contribution in [3.63, 3.8) is 0 Å². The minimum absolute atomic E-state index is 0.0254. The Morgan fingerprint density at radius 1 is 1.29 bits per heavy atom. The van der Waals surface area contributed by atoms with Crippen molar-refractivity contribution >= 4 is 28.1 Å². The number of thiazole rings is 1. The molecular weight excluding hydrogens is 472 g/mol. The van der Waals surface area contributed by atoms with Gasteiger partial charge in [0.05, 0.1) is 29.5 Å². The fourth-order valence-corrected chi connectivity index (χ4v) is 6.53. The van der Waals surface area contributed by atoms with Crippen molar-refractivity contribution < 1.29 is 27.6 Å². The molecule has 6 nitrogen and oxygen atoms in total. The first kappa shape index (κ1) is 22.0. The first-order valence-electron chi connectivity index (χ1n) is 11.4. The highest BCUT2D eigenvalue weighted by Crippen LogP contribution is 2.48. The summed E-state index contributed by atoms with van der Waals surface area (Å²) in [6, 6.07) is 9.85. The molecule has 0 fully saturated rings. The van der Waals surface area contributed by atoms with Crippen molar-refractivity contribution in [1.82, 2.24) is 4.40 Å². The van der Waals surface area contributed by atoms with Crippen molar-refractivity contribution in [2.45, 2.75) is 38.8 Å². The van der Waals surface area contributed by atoms with Gasteiger partial charge in [0.25, 0.3) is 0 Å². The normalized spacial score (nSPS) is 17.4. The molecule has 2 aromatic carbocycles. The van der Waals surface area contributed by atoms with Gasteiger partial charge in [-0.3, -0.25) is 4.79 Å². The van der Waals surface area contributed by atoms with E-state index in [2.05, 4.69) is 42.6 Å². The fraction of sp³-hybridized carbons (Fsp3) is 0.308. The van der Waals surface area contributed by atoms with E-state index in [1.165, 1.54) is 13.2 Å². The van der Waals surface area contributed by atoms with Crippen molar-refractivity contribution in [2.75, 3.05) is 19.0 Å². The third-order valence-corrected chi connectivity index (χ3v) is 7.91. The lowest BCUT2D eigenvalue weighted by Crippen LogP contribution is -2.44. The zero-order chi connectivity index (χ0) is 24.6. The van der Waals surface area contributed by atoms with Crippen molar-refractivity contribution in [3.05, 3.63) is 58.5 Å². The molecule has 1 atom stereocenters. The number of halogens is 2. The number of carbonyl (C=O) groups is 1. The Kier molecular flexibility index (Phi) is 4.73. The zero-order valence-corrected chi connectivity index (χ0v) is 20.6. The van der Waals surface area contributed by atoms with Crippen LogP contribution in [-0.2, 0) is 15.1 Å². The number of carbonyl (C=O) groups excluding carboxylic acids is 1. The standard InChI is InChI=1S/C26H24F2N3O3S/c1-13-21-16-7-5-6-8-18(16)26(2,3)29-24-22-17-9-14(27)10-19(28)23(17)34-12-15(11-20(32)33-4)30(22)25(35-13)31(21)24/h5-10,15,29H,11-12H2,1-4H3/q+1. The second kappa shape index (κ2) is 7.52. The SMILES string of the molecule is COC(=O)CC1COc2c(F)cc(F)cc2-c2c3n4c(c(C)sc4[n+]21)-c1ccccc1C(C)(C)N3. The molecule has 0 saturated heterocycles. The molecule has 1 unspecified atom stereocenters. The van der Waals surface area contributed by atoms with Gasteiger partial charge >= 0.3 is 10.9 Å². The molecule has 0 aliphatic carbocycles. The molecule has 4 heterocycles. The van der Waals surface area contributed by atoms with Crippen LogP contribution in [0.25, 0.3) is 27.5 Å². The molecule has 1 N–H and O–H groups in total. The lowest BCUT2D eigenvalue weighted by Gasteiger charge is -2.26. The molecule has 35 heavy (non-hydrogen) atoms. The van der Waals surface area contributed by atoms with Gasteiger partial charge in [-0.15, -0.1) is 0 Å². The van der Waals surface area contributed by atoms with Crippen LogP contribution in [0.15, 0.2) is 36.4 Å². The first-order valence-corrected chi connectivity index (χ1v) is 12.2. The number of imidazole rings is 1. The highest BCUT2D eigenvalue weighted by molar-refractivity contribution is 7.17. The summed E-state index contributed by atoms with van der Waals surface area (Å²) in [4.78, 5) is 14.3. The molecule has 0 bridgehead atoms. The molecule has 2 aromatic heterocycles. The van der Waals surface area contributed by atoms with Gasteiger partial charge in [0.2, 0.25) is 11.5 Å². The van der Waals surface area contributed by atoms with Gasteiger partial charge in [-0.2, -0.15) is 4.40 Å². The van der Waals surface area contributed by atoms with Gasteiger partial charge in [0.1, 0.15) is 18.5 Å². The number of esters is 1. The lowest BCUT2D eigenvalue weighted by molar-refractivity contribution is -0.684. The highest BCUT2D eigenvalue weighted by Gasteiger charge is 2.45. The number of aromatic nitrogens is 2. The third-order valence-electron chi connectivity index (χ3n) is 6.85. The van der Waals surface area contributed by atoms with Crippen LogP contribution >= 0.6 is 11.3 Å². The van der Waals surface area contributed by atoms with Crippen molar-refractivity contribution in [3.8, 4) is 28.3 Å². The molecule has 6 rings (SSSR count). The molecule has 2 aliphatic heterocycles. The van der Waals surface area contributed by atoms with E-state index in [1.807, 2.05) is 16.7 Å². The van der Waals surface area contributed by atoms with Crippen LogP contribution in [0.4, 0.5) is 14.6 Å². The van der Waals surface area contributed by atoms with Crippen LogP contribution in [-0.4, -0.2) is 24.1 Å². The number of aryl methyl sites for hydroxylation is 1. The second-order valence-corrected chi connectivity index (χ2v) is 10.7. The van der Waals surface area contributed by atoms with Crippen molar-refractivity contribution in [2.24, 2.45) is 0 Å². The smallest absolute Gasteiger partial charge is 0.349 e. The Hall–Kier alpha value is -3.46. The molecule has 0 amide bonds. The van der Waals surface area contributed by atoms with Crippen molar-refractivity contribution in [1.29, 1.82) is 0 Å². The highest BCUT2D eigenvalue weighted by atomic mass is 32.1. The molecule has 9 heteroatoms. The monoisotopic (exact) mass is 496 g/mol.